The molecule has 1 amide bonds. The smallest absolute Gasteiger partial charge is 0.232 e. The number of hydrogen-bond donors (Lipinski definition) is 1. The van der Waals surface area contributed by atoms with E-state index >= 15 is 0 Å². The van der Waals surface area contributed by atoms with Crippen molar-refractivity contribution in [3.63, 3.8) is 0 Å². The van der Waals surface area contributed by atoms with E-state index in [0.29, 0.717) is 18.7 Å². The Morgan fingerprint density at radius 2 is 1.55 bits per heavy atom. The Balaban J connectivity index is 1.87. The van der Waals surface area contributed by atoms with Crippen LogP contribution in [0.3, 0.4) is 0 Å². The summed E-state index contributed by atoms with van der Waals surface area (Å²) in [5.41, 5.74) is 5.00. The molecule has 0 unspecified atom stereocenters. The Hall–Kier alpha value is -2.54. The molecule has 7 heteroatoms. The molecule has 6 nitrogen and oxygen atoms in total. The van der Waals surface area contributed by atoms with Crippen LogP contribution in [0.4, 0.5) is 11.4 Å². The molecule has 0 radical (unpaired) electrons. The number of amides is 1. The molecule has 0 fully saturated rings. The van der Waals surface area contributed by atoms with E-state index in [1.165, 1.54) is 16.2 Å². The van der Waals surface area contributed by atoms with Crippen LogP contribution in [-0.4, -0.2) is 40.2 Å². The first-order chi connectivity index (χ1) is 14.7. The third-order valence-corrected chi connectivity index (χ3v) is 6.69. The van der Waals surface area contributed by atoms with Crippen LogP contribution in [-0.2, 0) is 21.4 Å². The van der Waals surface area contributed by atoms with Crippen LogP contribution in [0.2, 0.25) is 0 Å². The molecule has 31 heavy (non-hydrogen) atoms. The van der Waals surface area contributed by atoms with Crippen molar-refractivity contribution in [1.29, 1.82) is 0 Å². The zero-order chi connectivity index (χ0) is 23.0. The highest BCUT2D eigenvalue weighted by Crippen LogP contribution is 2.22. The van der Waals surface area contributed by atoms with Gasteiger partial charge in [-0.3, -0.25) is 9.10 Å². The fourth-order valence-electron chi connectivity index (χ4n) is 3.45. The Kier molecular flexibility index (Phi) is 8.92. The van der Waals surface area contributed by atoms with Crippen molar-refractivity contribution >= 4 is 27.3 Å². The van der Waals surface area contributed by atoms with Gasteiger partial charge in [-0.2, -0.15) is 0 Å². The number of carbonyl (C=O) groups excluding carboxylic acids is 1. The number of carbonyl (C=O) groups is 1. The van der Waals surface area contributed by atoms with Crippen LogP contribution >= 0.6 is 0 Å². The third kappa shape index (κ3) is 7.28. The third-order valence-electron chi connectivity index (χ3n) is 5.50. The van der Waals surface area contributed by atoms with E-state index in [1.54, 1.807) is 0 Å². The standard InChI is InChI=1S/C24H35N3O3S/c1-6-26(7-2)22-14-11-21(12-15-22)18-25-24(28)9-8-16-27(31(5,29)30)23-13-10-19(3)20(4)17-23/h10-15,17H,6-9,16,18H2,1-5H3,(H,25,28). The van der Waals surface area contributed by atoms with E-state index in [0.717, 1.165) is 29.8 Å². The summed E-state index contributed by atoms with van der Waals surface area (Å²) in [6.45, 7) is 10.9. The molecule has 1 N–H and O–H groups in total. The van der Waals surface area contributed by atoms with E-state index in [9.17, 15) is 13.2 Å². The number of benzene rings is 2. The lowest BCUT2D eigenvalue weighted by Crippen LogP contribution is -2.32. The molecule has 0 saturated heterocycles. The van der Waals surface area contributed by atoms with E-state index in [4.69, 9.17) is 0 Å². The van der Waals surface area contributed by atoms with Gasteiger partial charge in [0.1, 0.15) is 0 Å². The van der Waals surface area contributed by atoms with Gasteiger partial charge in [0.2, 0.25) is 15.9 Å². The molecule has 0 aliphatic carbocycles. The van der Waals surface area contributed by atoms with E-state index in [1.807, 2.05) is 44.2 Å². The van der Waals surface area contributed by atoms with Gasteiger partial charge in [-0.25, -0.2) is 8.42 Å². The molecule has 0 atom stereocenters. The van der Waals surface area contributed by atoms with Crippen LogP contribution in [0.1, 0.15) is 43.4 Å². The van der Waals surface area contributed by atoms with Gasteiger partial charge in [0.15, 0.2) is 0 Å². The molecule has 0 aliphatic rings. The normalized spacial score (nSPS) is 11.3. The number of aryl methyl sites for hydroxylation is 2. The van der Waals surface area contributed by atoms with Crippen molar-refractivity contribution in [3.8, 4) is 0 Å². The second kappa shape index (κ2) is 11.2. The average molecular weight is 446 g/mol. The molecule has 0 aromatic heterocycles. The van der Waals surface area contributed by atoms with Crippen molar-refractivity contribution in [2.24, 2.45) is 0 Å². The van der Waals surface area contributed by atoms with Crippen molar-refractivity contribution in [3.05, 3.63) is 59.2 Å². The highest BCUT2D eigenvalue weighted by molar-refractivity contribution is 7.92. The summed E-state index contributed by atoms with van der Waals surface area (Å²) < 4.78 is 25.9. The molecular weight excluding hydrogens is 410 g/mol. The SMILES string of the molecule is CCN(CC)c1ccc(CNC(=O)CCCN(c2ccc(C)c(C)c2)S(C)(=O)=O)cc1. The zero-order valence-corrected chi connectivity index (χ0v) is 20.1. The monoisotopic (exact) mass is 445 g/mol. The topological polar surface area (TPSA) is 69.7 Å². The molecule has 2 aromatic carbocycles. The molecule has 0 bridgehead atoms. The van der Waals surface area contributed by atoms with Gasteiger partial charge in [-0.15, -0.1) is 0 Å². The number of rotatable bonds is 11. The minimum Gasteiger partial charge on any atom is -0.372 e. The van der Waals surface area contributed by atoms with Crippen LogP contribution in [0.25, 0.3) is 0 Å². The highest BCUT2D eigenvalue weighted by atomic mass is 32.2. The summed E-state index contributed by atoms with van der Waals surface area (Å²) in [7, 11) is -3.42. The lowest BCUT2D eigenvalue weighted by atomic mass is 10.1. The fraction of sp³-hybridized carbons (Fsp3) is 0.458. The van der Waals surface area contributed by atoms with Crippen molar-refractivity contribution < 1.29 is 13.2 Å². The minimum absolute atomic E-state index is 0.0821. The van der Waals surface area contributed by atoms with Gasteiger partial charge in [-0.05, 0) is 75.1 Å². The summed E-state index contributed by atoms with van der Waals surface area (Å²) in [4.78, 5) is 14.5. The molecule has 0 saturated carbocycles. The maximum atomic E-state index is 12.3. The first-order valence-corrected chi connectivity index (χ1v) is 12.7. The Morgan fingerprint density at radius 3 is 2.10 bits per heavy atom. The van der Waals surface area contributed by atoms with Crippen LogP contribution < -0.4 is 14.5 Å². The quantitative estimate of drug-likeness (QED) is 0.567. The number of hydrogen-bond acceptors (Lipinski definition) is 4. The molecular formula is C24H35N3O3S. The van der Waals surface area contributed by atoms with Crippen molar-refractivity contribution in [1.82, 2.24) is 5.32 Å². The van der Waals surface area contributed by atoms with E-state index in [-0.39, 0.29) is 18.9 Å². The maximum absolute atomic E-state index is 12.3. The summed E-state index contributed by atoms with van der Waals surface area (Å²) in [5.74, 6) is -0.0821. The molecule has 2 rings (SSSR count). The Labute approximate surface area is 187 Å². The molecule has 170 valence electrons. The summed E-state index contributed by atoms with van der Waals surface area (Å²) in [5, 5.41) is 2.92. The largest absolute Gasteiger partial charge is 0.372 e. The molecule has 2 aromatic rings. The minimum atomic E-state index is -3.42. The number of sulfonamides is 1. The Morgan fingerprint density at radius 1 is 0.935 bits per heavy atom. The first-order valence-electron chi connectivity index (χ1n) is 10.8. The predicted molar refractivity (Wildman–Crippen MR) is 129 cm³/mol. The van der Waals surface area contributed by atoms with Crippen molar-refractivity contribution in [2.75, 3.05) is 35.1 Å². The zero-order valence-electron chi connectivity index (χ0n) is 19.3. The predicted octanol–water partition coefficient (Wildman–Crippen LogP) is 4.01. The van der Waals surface area contributed by atoms with Gasteiger partial charge < -0.3 is 10.2 Å². The number of nitrogens with zero attached hydrogens (tertiary/aromatic N) is 2. The summed E-state index contributed by atoms with van der Waals surface area (Å²) in [6, 6.07) is 13.8. The lowest BCUT2D eigenvalue weighted by Gasteiger charge is -2.23. The Bertz CT molecular complexity index is 968. The van der Waals surface area contributed by atoms with Gasteiger partial charge in [0, 0.05) is 38.3 Å². The first kappa shape index (κ1) is 24.7. The fourth-order valence-corrected chi connectivity index (χ4v) is 4.41. The van der Waals surface area contributed by atoms with Gasteiger partial charge in [0.05, 0.1) is 11.9 Å². The highest BCUT2D eigenvalue weighted by Gasteiger charge is 2.18. The van der Waals surface area contributed by atoms with E-state index in [2.05, 4.69) is 36.2 Å². The summed E-state index contributed by atoms with van der Waals surface area (Å²) in [6.07, 6.45) is 1.92. The maximum Gasteiger partial charge on any atom is 0.232 e. The molecule has 0 aliphatic heterocycles. The number of anilines is 2. The second-order valence-corrected chi connectivity index (χ2v) is 9.73. The molecule has 0 heterocycles. The van der Waals surface area contributed by atoms with Crippen LogP contribution in [0, 0.1) is 13.8 Å². The second-order valence-electron chi connectivity index (χ2n) is 7.82. The van der Waals surface area contributed by atoms with Gasteiger partial charge in [0.25, 0.3) is 0 Å². The van der Waals surface area contributed by atoms with Gasteiger partial charge in [-0.1, -0.05) is 18.2 Å². The lowest BCUT2D eigenvalue weighted by molar-refractivity contribution is -0.121. The average Bonchev–Trinajstić information content (AvgIpc) is 2.73. The van der Waals surface area contributed by atoms with Crippen LogP contribution in [0.15, 0.2) is 42.5 Å². The van der Waals surface area contributed by atoms with Crippen LogP contribution in [0.5, 0.6) is 0 Å². The van der Waals surface area contributed by atoms with Crippen molar-refractivity contribution in [2.45, 2.75) is 47.1 Å². The molecule has 0 spiro atoms. The van der Waals surface area contributed by atoms with Gasteiger partial charge >= 0.3 is 0 Å². The van der Waals surface area contributed by atoms with E-state index < -0.39 is 10.0 Å². The summed E-state index contributed by atoms with van der Waals surface area (Å²) >= 11 is 0. The number of nitrogens with one attached hydrogen (secondary N) is 1.